The van der Waals surface area contributed by atoms with Crippen molar-refractivity contribution in [3.05, 3.63) is 53.7 Å². The quantitative estimate of drug-likeness (QED) is 0.663. The molecule has 142 valence electrons. The van der Waals surface area contributed by atoms with E-state index in [0.717, 1.165) is 5.56 Å². The smallest absolute Gasteiger partial charge is 0.247 e. The topological polar surface area (TPSA) is 107 Å². The van der Waals surface area contributed by atoms with Gasteiger partial charge < -0.3 is 9.15 Å². The zero-order valence-electron chi connectivity index (χ0n) is 15.3. The van der Waals surface area contributed by atoms with Crippen LogP contribution in [0.2, 0.25) is 0 Å². The molecule has 0 saturated carbocycles. The van der Waals surface area contributed by atoms with Crippen LogP contribution in [0.15, 0.2) is 46.0 Å². The van der Waals surface area contributed by atoms with E-state index in [0.29, 0.717) is 29.4 Å². The van der Waals surface area contributed by atoms with Crippen molar-refractivity contribution in [2.24, 2.45) is 0 Å². The van der Waals surface area contributed by atoms with Gasteiger partial charge >= 0.3 is 0 Å². The van der Waals surface area contributed by atoms with Gasteiger partial charge in [0.25, 0.3) is 0 Å². The second-order valence-electron chi connectivity index (χ2n) is 5.88. The standard InChI is InChI=1S/C18H20N4O4S/c1-4-25-15-9-13(3)16(10-12(15)2)27(23,24)20-11-17-21-22-18(26-17)14-5-7-19-8-6-14/h5-10,20H,4,11H2,1-3H3. The van der Waals surface area contributed by atoms with Crippen LogP contribution in [0, 0.1) is 13.8 Å². The average molecular weight is 388 g/mol. The summed E-state index contributed by atoms with van der Waals surface area (Å²) >= 11 is 0. The molecule has 0 radical (unpaired) electrons. The van der Waals surface area contributed by atoms with Crippen LogP contribution in [0.25, 0.3) is 11.5 Å². The summed E-state index contributed by atoms with van der Waals surface area (Å²) in [5.41, 5.74) is 2.06. The summed E-state index contributed by atoms with van der Waals surface area (Å²) < 4.78 is 38.9. The number of aryl methyl sites for hydroxylation is 2. The molecular formula is C18H20N4O4S. The lowest BCUT2D eigenvalue weighted by molar-refractivity contribution is 0.337. The van der Waals surface area contributed by atoms with Crippen molar-refractivity contribution < 1.29 is 17.6 Å². The van der Waals surface area contributed by atoms with Crippen LogP contribution in [-0.4, -0.2) is 30.2 Å². The second kappa shape index (κ2) is 7.85. The Hall–Kier alpha value is -2.78. The van der Waals surface area contributed by atoms with Crippen LogP contribution >= 0.6 is 0 Å². The molecule has 2 aromatic heterocycles. The second-order valence-corrected chi connectivity index (χ2v) is 7.61. The Morgan fingerprint density at radius 1 is 1.11 bits per heavy atom. The number of nitrogens with zero attached hydrogens (tertiary/aromatic N) is 3. The number of rotatable bonds is 7. The highest BCUT2D eigenvalue weighted by Crippen LogP contribution is 2.26. The van der Waals surface area contributed by atoms with Crippen molar-refractivity contribution in [2.45, 2.75) is 32.2 Å². The maximum Gasteiger partial charge on any atom is 0.247 e. The zero-order valence-corrected chi connectivity index (χ0v) is 16.1. The van der Waals surface area contributed by atoms with Gasteiger partial charge in [-0.25, -0.2) is 13.1 Å². The zero-order chi connectivity index (χ0) is 19.4. The largest absolute Gasteiger partial charge is 0.494 e. The van der Waals surface area contributed by atoms with Gasteiger partial charge in [-0.15, -0.1) is 10.2 Å². The third-order valence-electron chi connectivity index (χ3n) is 3.87. The molecule has 0 aliphatic heterocycles. The molecule has 0 spiro atoms. The molecule has 0 amide bonds. The molecule has 1 N–H and O–H groups in total. The molecule has 9 heteroatoms. The van der Waals surface area contributed by atoms with Gasteiger partial charge in [0.05, 0.1) is 18.0 Å². The van der Waals surface area contributed by atoms with Gasteiger partial charge in [0.15, 0.2) is 0 Å². The van der Waals surface area contributed by atoms with Crippen LogP contribution in [-0.2, 0) is 16.6 Å². The molecule has 3 rings (SSSR count). The van der Waals surface area contributed by atoms with Gasteiger partial charge in [-0.05, 0) is 56.2 Å². The molecule has 0 saturated heterocycles. The molecule has 0 unspecified atom stereocenters. The predicted molar refractivity (Wildman–Crippen MR) is 98.6 cm³/mol. The number of hydrogen-bond donors (Lipinski definition) is 1. The summed E-state index contributed by atoms with van der Waals surface area (Å²) in [5, 5.41) is 7.81. The van der Waals surface area contributed by atoms with Crippen LogP contribution in [0.1, 0.15) is 23.9 Å². The van der Waals surface area contributed by atoms with Crippen molar-refractivity contribution >= 4 is 10.0 Å². The Morgan fingerprint density at radius 2 is 1.85 bits per heavy atom. The minimum atomic E-state index is -3.74. The third kappa shape index (κ3) is 4.32. The Morgan fingerprint density at radius 3 is 2.56 bits per heavy atom. The van der Waals surface area contributed by atoms with E-state index in [1.165, 1.54) is 0 Å². The fraction of sp³-hybridized carbons (Fsp3) is 0.278. The van der Waals surface area contributed by atoms with Crippen molar-refractivity contribution in [3.63, 3.8) is 0 Å². The molecule has 3 aromatic rings. The van der Waals surface area contributed by atoms with E-state index < -0.39 is 10.0 Å². The van der Waals surface area contributed by atoms with Crippen molar-refractivity contribution in [3.8, 4) is 17.2 Å². The average Bonchev–Trinajstić information content (AvgIpc) is 3.13. The van der Waals surface area contributed by atoms with Gasteiger partial charge in [0, 0.05) is 18.0 Å². The Labute approximate surface area is 157 Å². The molecule has 0 fully saturated rings. The number of sulfonamides is 1. The van der Waals surface area contributed by atoms with Crippen molar-refractivity contribution in [1.82, 2.24) is 19.9 Å². The van der Waals surface area contributed by atoms with Gasteiger partial charge in [0.2, 0.25) is 21.8 Å². The number of benzene rings is 1. The highest BCUT2D eigenvalue weighted by Gasteiger charge is 2.20. The number of aromatic nitrogens is 3. The Bertz CT molecular complexity index is 1030. The first-order chi connectivity index (χ1) is 12.9. The first-order valence-electron chi connectivity index (χ1n) is 8.37. The summed E-state index contributed by atoms with van der Waals surface area (Å²) in [7, 11) is -3.74. The van der Waals surface area contributed by atoms with Gasteiger partial charge in [0.1, 0.15) is 5.75 Å². The minimum Gasteiger partial charge on any atom is -0.494 e. The van der Waals surface area contributed by atoms with Crippen LogP contribution in [0.4, 0.5) is 0 Å². The van der Waals surface area contributed by atoms with Gasteiger partial charge in [-0.1, -0.05) is 0 Å². The van der Waals surface area contributed by atoms with Crippen LogP contribution in [0.5, 0.6) is 5.75 Å². The van der Waals surface area contributed by atoms with Crippen LogP contribution in [0.3, 0.4) is 0 Å². The fourth-order valence-electron chi connectivity index (χ4n) is 2.53. The molecule has 0 aliphatic rings. The molecule has 1 aromatic carbocycles. The number of hydrogen-bond acceptors (Lipinski definition) is 7. The minimum absolute atomic E-state index is 0.105. The number of pyridine rings is 1. The maximum atomic E-state index is 12.7. The molecule has 0 aliphatic carbocycles. The van der Waals surface area contributed by atoms with E-state index in [9.17, 15) is 8.42 Å². The van der Waals surface area contributed by atoms with Gasteiger partial charge in [-0.3, -0.25) is 4.98 Å². The maximum absolute atomic E-state index is 12.7. The van der Waals surface area contributed by atoms with Crippen LogP contribution < -0.4 is 9.46 Å². The van der Waals surface area contributed by atoms with E-state index in [1.807, 2.05) is 13.8 Å². The molecule has 0 bridgehead atoms. The Kier molecular flexibility index (Phi) is 5.52. The third-order valence-corrected chi connectivity index (χ3v) is 5.41. The molecule has 27 heavy (non-hydrogen) atoms. The number of ether oxygens (including phenoxy) is 1. The summed E-state index contributed by atoms with van der Waals surface area (Å²) in [6.07, 6.45) is 3.22. The highest BCUT2D eigenvalue weighted by atomic mass is 32.2. The summed E-state index contributed by atoms with van der Waals surface area (Å²) in [6.45, 7) is 5.83. The number of nitrogens with one attached hydrogen (secondary N) is 1. The summed E-state index contributed by atoms with van der Waals surface area (Å²) in [6, 6.07) is 6.78. The lowest BCUT2D eigenvalue weighted by atomic mass is 10.1. The van der Waals surface area contributed by atoms with E-state index in [-0.39, 0.29) is 17.3 Å². The molecule has 8 nitrogen and oxygen atoms in total. The van der Waals surface area contributed by atoms with E-state index in [4.69, 9.17) is 9.15 Å². The molecule has 0 atom stereocenters. The van der Waals surface area contributed by atoms with E-state index in [2.05, 4.69) is 19.9 Å². The van der Waals surface area contributed by atoms with E-state index in [1.54, 1.807) is 43.6 Å². The Balaban J connectivity index is 1.76. The highest BCUT2D eigenvalue weighted by molar-refractivity contribution is 7.89. The summed E-state index contributed by atoms with van der Waals surface area (Å²) in [4.78, 5) is 4.11. The first-order valence-corrected chi connectivity index (χ1v) is 9.85. The van der Waals surface area contributed by atoms with E-state index >= 15 is 0 Å². The normalized spacial score (nSPS) is 11.5. The SMILES string of the molecule is CCOc1cc(C)c(S(=O)(=O)NCc2nnc(-c3ccncc3)o2)cc1C. The van der Waals surface area contributed by atoms with Gasteiger partial charge in [-0.2, -0.15) is 0 Å². The monoisotopic (exact) mass is 388 g/mol. The predicted octanol–water partition coefficient (Wildman–Crippen LogP) is 2.63. The van der Waals surface area contributed by atoms with Crippen molar-refractivity contribution in [1.29, 1.82) is 0 Å². The molecular weight excluding hydrogens is 368 g/mol. The molecule has 2 heterocycles. The lowest BCUT2D eigenvalue weighted by Crippen LogP contribution is -2.24. The van der Waals surface area contributed by atoms with Crippen molar-refractivity contribution in [2.75, 3.05) is 6.61 Å². The fourth-order valence-corrected chi connectivity index (χ4v) is 3.82. The first kappa shape index (κ1) is 19.0. The lowest BCUT2D eigenvalue weighted by Gasteiger charge is -2.13. The summed E-state index contributed by atoms with van der Waals surface area (Å²) in [5.74, 6) is 1.15.